The van der Waals surface area contributed by atoms with Gasteiger partial charge in [-0.1, -0.05) is 41.5 Å². The molecule has 0 heterocycles. The van der Waals surface area contributed by atoms with Crippen LogP contribution in [-0.2, 0) is 19.0 Å². The lowest BCUT2D eigenvalue weighted by atomic mass is 10.6. The van der Waals surface area contributed by atoms with Gasteiger partial charge in [0.1, 0.15) is 0 Å². The summed E-state index contributed by atoms with van der Waals surface area (Å²) in [7, 11) is 1.63. The third-order valence-corrected chi connectivity index (χ3v) is 1.42. The van der Waals surface area contributed by atoms with Crippen LogP contribution < -0.4 is 5.32 Å². The van der Waals surface area contributed by atoms with Crippen molar-refractivity contribution in [2.45, 2.75) is 48.5 Å². The Hall–Kier alpha value is -0.650. The molecule has 0 aliphatic heterocycles. The second-order valence-corrected chi connectivity index (χ2v) is 2.70. The van der Waals surface area contributed by atoms with Gasteiger partial charge in [0.15, 0.2) is 0 Å². The number of amides is 1. The first-order chi connectivity index (χ1) is 9.77. The molecule has 0 saturated heterocycles. The number of carbonyl (C=O) groups is 1. The number of hydrogen-bond acceptors (Lipinski definition) is 4. The van der Waals surface area contributed by atoms with E-state index < -0.39 is 0 Å². The van der Waals surface area contributed by atoms with Crippen LogP contribution in [-0.4, -0.2) is 52.6 Å². The summed E-state index contributed by atoms with van der Waals surface area (Å²) in [6.45, 7) is 16.8. The summed E-state index contributed by atoms with van der Waals surface area (Å²) in [6, 6.07) is 0. The minimum absolute atomic E-state index is 0.0371. The van der Waals surface area contributed by atoms with Crippen molar-refractivity contribution in [1.29, 1.82) is 0 Å². The summed E-state index contributed by atoms with van der Waals surface area (Å²) >= 11 is 0. The van der Waals surface area contributed by atoms with Crippen LogP contribution in [0, 0.1) is 0 Å². The quantitative estimate of drug-likeness (QED) is 0.665. The van der Waals surface area contributed by atoms with Gasteiger partial charge in [-0.05, 0) is 0 Å². The Balaban J connectivity index is -0.000000187. The average Bonchev–Trinajstić information content (AvgIpc) is 2.51. The highest BCUT2D eigenvalue weighted by Gasteiger charge is 1.91. The van der Waals surface area contributed by atoms with Gasteiger partial charge in [0.05, 0.1) is 33.0 Å². The van der Waals surface area contributed by atoms with Crippen LogP contribution in [0.1, 0.15) is 48.5 Å². The fourth-order valence-corrected chi connectivity index (χ4v) is 0.763. The zero-order valence-corrected chi connectivity index (χ0v) is 14.9. The molecule has 126 valence electrons. The molecular formula is C15H37NO4. The highest BCUT2D eigenvalue weighted by Crippen LogP contribution is 1.79. The molecule has 0 bridgehead atoms. The van der Waals surface area contributed by atoms with Gasteiger partial charge in [0, 0.05) is 20.6 Å². The topological polar surface area (TPSA) is 56.8 Å². The van der Waals surface area contributed by atoms with Crippen LogP contribution in [0.3, 0.4) is 0 Å². The molecule has 0 aliphatic rings. The molecule has 0 aromatic rings. The number of rotatable bonds is 9. The Labute approximate surface area is 126 Å². The Morgan fingerprint density at radius 3 is 1.60 bits per heavy atom. The van der Waals surface area contributed by atoms with Crippen LogP contribution >= 0.6 is 0 Å². The molecular weight excluding hydrogens is 258 g/mol. The lowest BCUT2D eigenvalue weighted by Gasteiger charge is -2.05. The fraction of sp³-hybridized carbons (Fsp3) is 0.933. The van der Waals surface area contributed by atoms with Crippen molar-refractivity contribution in [3.05, 3.63) is 0 Å². The van der Waals surface area contributed by atoms with E-state index in [9.17, 15) is 4.79 Å². The molecule has 5 heteroatoms. The number of carbonyl (C=O) groups excluding carboxylic acids is 1. The van der Waals surface area contributed by atoms with Crippen LogP contribution in [0.15, 0.2) is 0 Å². The number of nitrogens with one attached hydrogen (secondary N) is 1. The lowest BCUT2D eigenvalue weighted by Crippen LogP contribution is -2.25. The van der Waals surface area contributed by atoms with Crippen molar-refractivity contribution in [3.63, 3.8) is 0 Å². The maximum atomic E-state index is 10.4. The third-order valence-electron chi connectivity index (χ3n) is 1.42. The van der Waals surface area contributed by atoms with Crippen molar-refractivity contribution in [1.82, 2.24) is 5.32 Å². The van der Waals surface area contributed by atoms with E-state index in [2.05, 4.69) is 5.32 Å². The highest BCUT2D eigenvalue weighted by atomic mass is 16.5. The lowest BCUT2D eigenvalue weighted by molar-refractivity contribution is -0.119. The Bertz CT molecular complexity index is 144. The maximum absolute atomic E-state index is 10.4. The molecule has 0 unspecified atom stereocenters. The normalized spacial score (nSPS) is 8.00. The van der Waals surface area contributed by atoms with Gasteiger partial charge in [-0.3, -0.25) is 4.79 Å². The maximum Gasteiger partial charge on any atom is 0.216 e. The van der Waals surface area contributed by atoms with Crippen molar-refractivity contribution in [2.24, 2.45) is 0 Å². The van der Waals surface area contributed by atoms with Gasteiger partial charge in [-0.2, -0.15) is 0 Å². The Kier molecular flexibility index (Phi) is 50.1. The smallest absolute Gasteiger partial charge is 0.216 e. The molecule has 0 saturated carbocycles. The van der Waals surface area contributed by atoms with Crippen LogP contribution in [0.4, 0.5) is 0 Å². The molecule has 0 spiro atoms. The van der Waals surface area contributed by atoms with Gasteiger partial charge in [-0.15, -0.1) is 0 Å². The van der Waals surface area contributed by atoms with Crippen molar-refractivity contribution < 1.29 is 19.0 Å². The summed E-state index contributed by atoms with van der Waals surface area (Å²) in [5.74, 6) is -0.0371. The first-order valence-electron chi connectivity index (χ1n) is 7.66. The van der Waals surface area contributed by atoms with E-state index in [4.69, 9.17) is 14.2 Å². The second kappa shape index (κ2) is 36.2. The zero-order valence-electron chi connectivity index (χ0n) is 14.9. The molecule has 1 N–H and O–H groups in total. The molecule has 5 nitrogen and oxygen atoms in total. The van der Waals surface area contributed by atoms with Crippen molar-refractivity contribution in [3.8, 4) is 0 Å². The Morgan fingerprint density at radius 2 is 1.20 bits per heavy atom. The van der Waals surface area contributed by atoms with E-state index in [-0.39, 0.29) is 5.91 Å². The van der Waals surface area contributed by atoms with E-state index in [0.29, 0.717) is 39.6 Å². The first-order valence-corrected chi connectivity index (χ1v) is 7.66. The summed E-state index contributed by atoms with van der Waals surface area (Å²) in [5.41, 5.74) is 0. The SMILES string of the molecule is CC.CC.CC.COCCOCCOCCNC(C)=O. The van der Waals surface area contributed by atoms with Crippen LogP contribution in [0.25, 0.3) is 0 Å². The molecule has 1 amide bonds. The molecule has 0 aromatic heterocycles. The van der Waals surface area contributed by atoms with Crippen molar-refractivity contribution in [2.75, 3.05) is 46.7 Å². The zero-order chi connectivity index (χ0) is 16.6. The predicted octanol–water partition coefficient (Wildman–Crippen LogP) is 2.88. The minimum atomic E-state index is -0.0371. The van der Waals surface area contributed by atoms with Gasteiger partial charge >= 0.3 is 0 Å². The van der Waals surface area contributed by atoms with Gasteiger partial charge in [-0.25, -0.2) is 0 Å². The molecule has 0 atom stereocenters. The third kappa shape index (κ3) is 43.3. The molecule has 0 aromatic carbocycles. The van der Waals surface area contributed by atoms with E-state index in [1.807, 2.05) is 41.5 Å². The van der Waals surface area contributed by atoms with Crippen LogP contribution in [0.2, 0.25) is 0 Å². The predicted molar refractivity (Wildman–Crippen MR) is 86.2 cm³/mol. The highest BCUT2D eigenvalue weighted by molar-refractivity contribution is 5.72. The number of ether oxygens (including phenoxy) is 3. The Morgan fingerprint density at radius 1 is 0.800 bits per heavy atom. The fourth-order valence-electron chi connectivity index (χ4n) is 0.763. The largest absolute Gasteiger partial charge is 0.382 e. The van der Waals surface area contributed by atoms with Gasteiger partial charge in [0.2, 0.25) is 5.91 Å². The van der Waals surface area contributed by atoms with Crippen LogP contribution in [0.5, 0.6) is 0 Å². The van der Waals surface area contributed by atoms with E-state index in [1.54, 1.807) is 7.11 Å². The summed E-state index contributed by atoms with van der Waals surface area (Å²) in [4.78, 5) is 10.4. The minimum Gasteiger partial charge on any atom is -0.382 e. The van der Waals surface area contributed by atoms with Gasteiger partial charge < -0.3 is 19.5 Å². The number of hydrogen-bond donors (Lipinski definition) is 1. The summed E-state index contributed by atoms with van der Waals surface area (Å²) < 4.78 is 15.1. The molecule has 0 radical (unpaired) electrons. The summed E-state index contributed by atoms with van der Waals surface area (Å²) in [5, 5.41) is 2.63. The number of methoxy groups -OCH3 is 1. The summed E-state index contributed by atoms with van der Waals surface area (Å²) in [6.07, 6.45) is 0. The molecule has 0 rings (SSSR count). The average molecular weight is 295 g/mol. The standard InChI is InChI=1S/C9H19NO4.3C2H6/c1-9(11)10-3-4-13-7-8-14-6-5-12-2;3*1-2/h3-8H2,1-2H3,(H,10,11);3*1-2H3. The second-order valence-electron chi connectivity index (χ2n) is 2.70. The first kappa shape index (κ1) is 27.7. The van der Waals surface area contributed by atoms with E-state index >= 15 is 0 Å². The molecule has 0 aliphatic carbocycles. The van der Waals surface area contributed by atoms with Crippen molar-refractivity contribution >= 4 is 5.91 Å². The van der Waals surface area contributed by atoms with E-state index in [0.717, 1.165) is 0 Å². The van der Waals surface area contributed by atoms with E-state index in [1.165, 1.54) is 6.92 Å². The molecule has 0 fully saturated rings. The van der Waals surface area contributed by atoms with Gasteiger partial charge in [0.25, 0.3) is 0 Å². The molecule has 20 heavy (non-hydrogen) atoms. The monoisotopic (exact) mass is 295 g/mol.